The summed E-state index contributed by atoms with van der Waals surface area (Å²) in [5, 5.41) is 19.8. The van der Waals surface area contributed by atoms with Gasteiger partial charge in [-0.05, 0) is 0 Å². The number of halogens is 1. The number of ether oxygens (including phenoxy) is 1. The molecule has 106 valence electrons. The zero-order chi connectivity index (χ0) is 14.8. The van der Waals surface area contributed by atoms with E-state index in [1.165, 1.54) is 0 Å². The van der Waals surface area contributed by atoms with Crippen molar-refractivity contribution in [3.8, 4) is 0 Å². The second kappa shape index (κ2) is 6.08. The fourth-order valence-electron chi connectivity index (χ4n) is 1.64. The maximum atomic E-state index is 10.8. The predicted octanol–water partition coefficient (Wildman–Crippen LogP) is 1.46. The third-order valence-corrected chi connectivity index (χ3v) is 5.08. The number of carboxylic acid groups (broad SMARTS) is 1. The van der Waals surface area contributed by atoms with Crippen molar-refractivity contribution in [3.05, 3.63) is 45.4 Å². The third kappa shape index (κ3) is 3.28. The quantitative estimate of drug-likeness (QED) is 0.484. The van der Waals surface area contributed by atoms with Gasteiger partial charge in [0.2, 0.25) is 0 Å². The summed E-state index contributed by atoms with van der Waals surface area (Å²) >= 11 is 5.40. The van der Waals surface area contributed by atoms with Crippen LogP contribution in [0.1, 0.15) is 12.5 Å². The Balaban J connectivity index is 2.37. The van der Waals surface area contributed by atoms with Crippen molar-refractivity contribution >= 4 is 37.1 Å². The first kappa shape index (κ1) is 15.2. The van der Waals surface area contributed by atoms with Crippen molar-refractivity contribution in [2.75, 3.05) is 6.61 Å². The monoisotopic (exact) mass is 361 g/mol. The van der Waals surface area contributed by atoms with Crippen LogP contribution in [0.25, 0.3) is 0 Å². The van der Waals surface area contributed by atoms with E-state index in [2.05, 4.69) is 4.99 Å². The van der Waals surface area contributed by atoms with Crippen LogP contribution in [0, 0.1) is 0 Å². The topological polar surface area (TPSA) is 79.1 Å². The van der Waals surface area contributed by atoms with Crippen LogP contribution in [-0.4, -0.2) is 48.3 Å². The molecule has 0 saturated heterocycles. The van der Waals surface area contributed by atoms with E-state index < -0.39 is 26.8 Å². The molecule has 1 aromatic carbocycles. The minimum absolute atomic E-state index is 0.223. The van der Waals surface area contributed by atoms with E-state index in [0.717, 1.165) is 11.6 Å². The summed E-state index contributed by atoms with van der Waals surface area (Å²) in [5.74, 6) is -3.00. The van der Waals surface area contributed by atoms with Gasteiger partial charge in [0.05, 0.1) is 0 Å². The maximum absolute atomic E-state index is 10.8. The number of aliphatic imine (C=N–C) groups is 1. The number of rotatable bonds is 4. The second-order valence-electron chi connectivity index (χ2n) is 3.91. The molecule has 1 aliphatic rings. The van der Waals surface area contributed by atoms with E-state index in [9.17, 15) is 9.90 Å². The molecule has 7 heteroatoms. The molecule has 0 aromatic heterocycles. The molecular formula is C13H12ClNO4Se. The SMILES string of the molecule is CCOC1(O)N=C(c2ccc(Cl)cc2)[Se]/C1=C\C(=O)O. The van der Waals surface area contributed by atoms with Gasteiger partial charge in [-0.25, -0.2) is 0 Å². The van der Waals surface area contributed by atoms with Crippen LogP contribution >= 0.6 is 11.6 Å². The zero-order valence-electron chi connectivity index (χ0n) is 10.5. The fourth-order valence-corrected chi connectivity index (χ4v) is 3.93. The molecule has 0 aliphatic carbocycles. The molecular weight excluding hydrogens is 349 g/mol. The first-order valence-corrected chi connectivity index (χ1v) is 7.89. The van der Waals surface area contributed by atoms with Gasteiger partial charge in [-0.3, -0.25) is 0 Å². The Morgan fingerprint density at radius 1 is 1.50 bits per heavy atom. The Hall–Kier alpha value is -1.17. The number of hydrogen-bond donors (Lipinski definition) is 2. The molecule has 1 unspecified atom stereocenters. The average Bonchev–Trinajstić information content (AvgIpc) is 2.67. The molecule has 1 aliphatic heterocycles. The molecule has 0 radical (unpaired) electrons. The molecule has 20 heavy (non-hydrogen) atoms. The van der Waals surface area contributed by atoms with Gasteiger partial charge in [-0.1, -0.05) is 0 Å². The van der Waals surface area contributed by atoms with E-state index in [1.807, 2.05) is 0 Å². The molecule has 0 fully saturated rings. The molecule has 1 heterocycles. The van der Waals surface area contributed by atoms with Crippen molar-refractivity contribution in [2.24, 2.45) is 4.99 Å². The molecule has 5 nitrogen and oxygen atoms in total. The van der Waals surface area contributed by atoms with Crippen LogP contribution in [0.4, 0.5) is 0 Å². The molecule has 0 amide bonds. The van der Waals surface area contributed by atoms with E-state index in [1.54, 1.807) is 31.2 Å². The van der Waals surface area contributed by atoms with Gasteiger partial charge < -0.3 is 0 Å². The predicted molar refractivity (Wildman–Crippen MR) is 76.0 cm³/mol. The zero-order valence-corrected chi connectivity index (χ0v) is 13.0. The first-order valence-electron chi connectivity index (χ1n) is 5.79. The Morgan fingerprint density at radius 3 is 2.70 bits per heavy atom. The van der Waals surface area contributed by atoms with Crippen molar-refractivity contribution < 1.29 is 19.7 Å². The van der Waals surface area contributed by atoms with Crippen LogP contribution in [0.3, 0.4) is 0 Å². The van der Waals surface area contributed by atoms with Gasteiger partial charge in [-0.15, -0.1) is 0 Å². The Bertz CT molecular complexity index is 585. The summed E-state index contributed by atoms with van der Waals surface area (Å²) in [7, 11) is 0. The number of hydrogen-bond acceptors (Lipinski definition) is 4. The molecule has 1 atom stereocenters. The normalized spacial score (nSPS) is 23.9. The minimum atomic E-state index is -1.87. The summed E-state index contributed by atoms with van der Waals surface area (Å²) in [4.78, 5) is 15.0. The van der Waals surface area contributed by atoms with Crippen LogP contribution < -0.4 is 0 Å². The summed E-state index contributed by atoms with van der Waals surface area (Å²) in [5.41, 5.74) is 0.793. The Morgan fingerprint density at radius 2 is 2.15 bits per heavy atom. The molecule has 2 rings (SSSR count). The molecule has 0 spiro atoms. The van der Waals surface area contributed by atoms with Gasteiger partial charge in [-0.2, -0.15) is 0 Å². The van der Waals surface area contributed by atoms with Crippen molar-refractivity contribution in [2.45, 2.75) is 12.8 Å². The van der Waals surface area contributed by atoms with Gasteiger partial charge in [0.25, 0.3) is 0 Å². The number of carboxylic acids is 1. The standard InChI is InChI=1S/C13H12ClNO4Se/c1-2-19-13(18)10(7-11(16)17)20-12(15-13)8-3-5-9(14)6-4-8/h3-7,18H,2H2,1H3,(H,16,17)/b10-7-. The number of aliphatic hydroxyl groups is 1. The summed E-state index contributed by atoms with van der Waals surface area (Å²) < 4.78 is 6.10. The van der Waals surface area contributed by atoms with E-state index in [4.69, 9.17) is 21.4 Å². The summed E-state index contributed by atoms with van der Waals surface area (Å²) in [6.07, 6.45) is 0.960. The summed E-state index contributed by atoms with van der Waals surface area (Å²) in [6.45, 7) is 1.93. The second-order valence-corrected chi connectivity index (χ2v) is 6.51. The van der Waals surface area contributed by atoms with Crippen LogP contribution in [0.15, 0.2) is 39.8 Å². The number of carbonyl (C=O) groups is 1. The van der Waals surface area contributed by atoms with Crippen LogP contribution in [0.5, 0.6) is 0 Å². The third-order valence-electron chi connectivity index (χ3n) is 2.47. The number of benzene rings is 1. The van der Waals surface area contributed by atoms with Gasteiger partial charge in [0, 0.05) is 0 Å². The molecule has 0 bridgehead atoms. The van der Waals surface area contributed by atoms with Crippen LogP contribution in [-0.2, 0) is 9.53 Å². The molecule has 2 N–H and O–H groups in total. The Kier molecular flexibility index (Phi) is 4.62. The van der Waals surface area contributed by atoms with E-state index in [-0.39, 0.29) is 11.1 Å². The van der Waals surface area contributed by atoms with Crippen LogP contribution in [0.2, 0.25) is 5.02 Å². The number of aliphatic carboxylic acids is 1. The van der Waals surface area contributed by atoms with E-state index in [0.29, 0.717) is 9.63 Å². The van der Waals surface area contributed by atoms with Gasteiger partial charge in [0.15, 0.2) is 0 Å². The molecule has 0 saturated carbocycles. The fraction of sp³-hybridized carbons (Fsp3) is 0.231. The van der Waals surface area contributed by atoms with Crippen molar-refractivity contribution in [1.29, 1.82) is 0 Å². The van der Waals surface area contributed by atoms with E-state index >= 15 is 0 Å². The number of nitrogens with zero attached hydrogens (tertiary/aromatic N) is 1. The van der Waals surface area contributed by atoms with Crippen molar-refractivity contribution in [3.63, 3.8) is 0 Å². The first-order chi connectivity index (χ1) is 9.44. The molecule has 1 aromatic rings. The van der Waals surface area contributed by atoms with Gasteiger partial charge >= 0.3 is 127 Å². The van der Waals surface area contributed by atoms with Gasteiger partial charge in [0.1, 0.15) is 0 Å². The summed E-state index contributed by atoms with van der Waals surface area (Å²) in [6, 6.07) is 6.99. The van der Waals surface area contributed by atoms with Crippen molar-refractivity contribution in [1.82, 2.24) is 0 Å². The Labute approximate surface area is 127 Å². The average molecular weight is 361 g/mol.